The fraction of sp³-hybridized carbons (Fsp3) is 0.519. The minimum atomic E-state index is -4.52. The Bertz CT molecular complexity index is 1480. The van der Waals surface area contributed by atoms with Gasteiger partial charge in [-0.25, -0.2) is 15.0 Å². The second kappa shape index (κ2) is 11.2. The van der Waals surface area contributed by atoms with Gasteiger partial charge in [-0.15, -0.1) is 0 Å². The maximum absolute atomic E-state index is 13.2. The van der Waals surface area contributed by atoms with Crippen molar-refractivity contribution in [1.82, 2.24) is 29.4 Å². The van der Waals surface area contributed by atoms with Gasteiger partial charge in [-0.1, -0.05) is 18.5 Å². The van der Waals surface area contributed by atoms with Gasteiger partial charge in [0.2, 0.25) is 0 Å². The molecule has 3 aromatic heterocycles. The van der Waals surface area contributed by atoms with Crippen LogP contribution in [0.25, 0.3) is 22.1 Å². The lowest BCUT2D eigenvalue weighted by Gasteiger charge is -2.43. The molecule has 0 aliphatic heterocycles. The molecule has 5 rings (SSSR count). The molecule has 1 aromatic carbocycles. The quantitative estimate of drug-likeness (QED) is 0.213. The van der Waals surface area contributed by atoms with Gasteiger partial charge in [0, 0.05) is 31.1 Å². The Morgan fingerprint density at radius 3 is 2.70 bits per heavy atom. The normalized spacial score (nSPS) is 20.2. The largest absolute Gasteiger partial charge is 0.417 e. The summed E-state index contributed by atoms with van der Waals surface area (Å²) in [5.74, 6) is 1.27. The van der Waals surface area contributed by atoms with E-state index in [1.807, 2.05) is 14.0 Å². The highest BCUT2D eigenvalue weighted by Gasteiger charge is 2.36. The number of hydrogen-bond acceptors (Lipinski definition) is 7. The minimum absolute atomic E-state index is 0.167. The minimum Gasteiger partial charge on any atom is -0.388 e. The van der Waals surface area contributed by atoms with E-state index in [-0.39, 0.29) is 10.9 Å². The first-order valence-electron chi connectivity index (χ1n) is 13.3. The van der Waals surface area contributed by atoms with Gasteiger partial charge in [-0.05, 0) is 56.8 Å². The monoisotopic (exact) mass is 579 g/mol. The van der Waals surface area contributed by atoms with Crippen molar-refractivity contribution >= 4 is 39.5 Å². The van der Waals surface area contributed by atoms with Gasteiger partial charge in [0.25, 0.3) is 0 Å². The summed E-state index contributed by atoms with van der Waals surface area (Å²) in [6.07, 6.45) is 0.434. The van der Waals surface area contributed by atoms with Gasteiger partial charge < -0.3 is 30.4 Å². The first-order chi connectivity index (χ1) is 19.0. The predicted octanol–water partition coefficient (Wildman–Crippen LogP) is 4.78. The Balaban J connectivity index is 1.13. The number of fused-ring (bicyclic) bond motifs is 2. The van der Waals surface area contributed by atoms with Crippen molar-refractivity contribution in [3.63, 3.8) is 0 Å². The number of nitrogens with two attached hydrogens (primary N) is 1. The second-order valence-electron chi connectivity index (χ2n) is 10.8. The Morgan fingerprint density at radius 2 is 2.00 bits per heavy atom. The summed E-state index contributed by atoms with van der Waals surface area (Å²) in [6.45, 7) is 2.61. The molecule has 4 aromatic rings. The molecule has 0 radical (unpaired) electrons. The van der Waals surface area contributed by atoms with Crippen LogP contribution in [0.1, 0.15) is 50.2 Å². The number of nitrogens with one attached hydrogen (secondary N) is 1. The van der Waals surface area contributed by atoms with E-state index in [1.165, 1.54) is 17.0 Å². The van der Waals surface area contributed by atoms with E-state index in [4.69, 9.17) is 17.3 Å². The first kappa shape index (κ1) is 28.6. The molecule has 1 saturated carbocycles. The molecule has 0 amide bonds. The molecule has 216 valence electrons. The SMILES string of the molecule is CC[C@H](CN(C)C1CC(CCc2nc3cc(Cl)c(C(F)(F)F)cc3[nH]2)C1)[C@@H](O)[C@@H](O)n1ccc2c(N)ncnc21. The fourth-order valence-electron chi connectivity index (χ4n) is 5.67. The number of nitrogens with zero attached hydrogens (tertiary/aromatic N) is 5. The summed E-state index contributed by atoms with van der Waals surface area (Å²) >= 11 is 5.82. The van der Waals surface area contributed by atoms with Crippen molar-refractivity contribution in [3.8, 4) is 0 Å². The van der Waals surface area contributed by atoms with Crippen LogP contribution in [0.5, 0.6) is 0 Å². The van der Waals surface area contributed by atoms with Crippen LogP contribution in [0, 0.1) is 11.8 Å². The third kappa shape index (κ3) is 5.63. The third-order valence-electron chi connectivity index (χ3n) is 8.21. The number of aliphatic hydroxyl groups excluding tert-OH is 2. The van der Waals surface area contributed by atoms with Gasteiger partial charge in [-0.2, -0.15) is 13.2 Å². The van der Waals surface area contributed by atoms with E-state index in [0.29, 0.717) is 65.1 Å². The van der Waals surface area contributed by atoms with Crippen molar-refractivity contribution in [3.05, 3.63) is 47.1 Å². The Morgan fingerprint density at radius 1 is 1.25 bits per heavy atom. The smallest absolute Gasteiger partial charge is 0.388 e. The van der Waals surface area contributed by atoms with Crippen LogP contribution in [0.4, 0.5) is 19.0 Å². The topological polar surface area (TPSA) is 129 Å². The summed E-state index contributed by atoms with van der Waals surface area (Å²) in [7, 11) is 2.03. The Labute approximate surface area is 234 Å². The highest BCUT2D eigenvalue weighted by molar-refractivity contribution is 6.32. The number of aryl methyl sites for hydroxylation is 1. The van der Waals surface area contributed by atoms with Crippen LogP contribution in [-0.2, 0) is 12.6 Å². The summed E-state index contributed by atoms with van der Waals surface area (Å²) in [4.78, 5) is 17.8. The first-order valence-corrected chi connectivity index (χ1v) is 13.7. The zero-order valence-electron chi connectivity index (χ0n) is 22.2. The average molecular weight is 580 g/mol. The molecule has 3 heterocycles. The standard InChI is InChI=1S/C27H33ClF3N7O2/c1-3-15(23(39)26(40)38-7-6-17-24(32)33-13-34-25(17)38)12-37(2)16-8-14(9-16)4-5-22-35-20-10-18(27(29,30)31)19(28)11-21(20)36-22/h6-7,10-11,13-16,23,26,39-40H,3-5,8-9,12H2,1-2H3,(H,35,36)(H2,32,33,34)/t14?,15-,16?,23-,26-/m1/s1. The number of imidazole rings is 1. The number of rotatable bonds is 10. The number of aliphatic hydroxyl groups is 2. The summed E-state index contributed by atoms with van der Waals surface area (Å²) in [5.41, 5.74) is 6.25. The van der Waals surface area contributed by atoms with Gasteiger partial charge in [0.05, 0.1) is 27.0 Å². The van der Waals surface area contributed by atoms with Crippen LogP contribution in [0.3, 0.4) is 0 Å². The van der Waals surface area contributed by atoms with Crippen LogP contribution in [0.15, 0.2) is 30.7 Å². The molecule has 40 heavy (non-hydrogen) atoms. The molecule has 1 aliphatic rings. The molecular weight excluding hydrogens is 547 g/mol. The van der Waals surface area contributed by atoms with Gasteiger partial charge >= 0.3 is 6.18 Å². The molecule has 0 unspecified atom stereocenters. The number of aromatic amines is 1. The van der Waals surface area contributed by atoms with Crippen LogP contribution >= 0.6 is 11.6 Å². The Hall–Kier alpha value is -2.93. The van der Waals surface area contributed by atoms with Crippen molar-refractivity contribution in [1.29, 1.82) is 0 Å². The van der Waals surface area contributed by atoms with E-state index < -0.39 is 24.1 Å². The highest BCUT2D eigenvalue weighted by atomic mass is 35.5. The molecule has 9 nitrogen and oxygen atoms in total. The number of H-pyrrole nitrogens is 1. The number of hydrogen-bond donors (Lipinski definition) is 4. The highest BCUT2D eigenvalue weighted by Crippen LogP contribution is 2.38. The number of benzene rings is 1. The Kier molecular flexibility index (Phi) is 7.97. The zero-order valence-corrected chi connectivity index (χ0v) is 23.0. The molecule has 13 heteroatoms. The maximum atomic E-state index is 13.2. The lowest BCUT2D eigenvalue weighted by Crippen LogP contribution is -2.47. The fourth-order valence-corrected chi connectivity index (χ4v) is 5.93. The van der Waals surface area contributed by atoms with Crippen molar-refractivity contribution in [2.24, 2.45) is 11.8 Å². The molecular formula is C27H33ClF3N7O2. The van der Waals surface area contributed by atoms with E-state index in [9.17, 15) is 23.4 Å². The van der Waals surface area contributed by atoms with Crippen LogP contribution in [0.2, 0.25) is 5.02 Å². The van der Waals surface area contributed by atoms with Gasteiger partial charge in [0.1, 0.15) is 29.7 Å². The lowest BCUT2D eigenvalue weighted by molar-refractivity contribution is -0.137. The number of alkyl halides is 3. The summed E-state index contributed by atoms with van der Waals surface area (Å²) in [6, 6.07) is 4.35. The summed E-state index contributed by atoms with van der Waals surface area (Å²) < 4.78 is 41.0. The van der Waals surface area contributed by atoms with Gasteiger partial charge in [0.15, 0.2) is 6.23 Å². The molecule has 3 atom stereocenters. The van der Waals surface area contributed by atoms with E-state index in [2.05, 4.69) is 24.8 Å². The second-order valence-corrected chi connectivity index (χ2v) is 11.2. The number of halogens is 4. The average Bonchev–Trinajstić information content (AvgIpc) is 3.48. The van der Waals surface area contributed by atoms with E-state index >= 15 is 0 Å². The van der Waals surface area contributed by atoms with E-state index in [0.717, 1.165) is 25.3 Å². The van der Waals surface area contributed by atoms with E-state index in [1.54, 1.807) is 12.3 Å². The molecule has 5 N–H and O–H groups in total. The molecule has 1 fully saturated rings. The number of nitrogen functional groups attached to an aromatic ring is 1. The summed E-state index contributed by atoms with van der Waals surface area (Å²) in [5, 5.41) is 22.3. The maximum Gasteiger partial charge on any atom is 0.417 e. The van der Waals surface area contributed by atoms with Crippen molar-refractivity contribution < 1.29 is 23.4 Å². The van der Waals surface area contributed by atoms with Crippen LogP contribution in [-0.4, -0.2) is 65.4 Å². The lowest BCUT2D eigenvalue weighted by atomic mass is 9.76. The van der Waals surface area contributed by atoms with Crippen molar-refractivity contribution in [2.45, 2.75) is 63.6 Å². The number of anilines is 1. The molecule has 0 bridgehead atoms. The van der Waals surface area contributed by atoms with Crippen LogP contribution < -0.4 is 5.73 Å². The molecule has 1 aliphatic carbocycles. The predicted molar refractivity (Wildman–Crippen MR) is 147 cm³/mol. The van der Waals surface area contributed by atoms with Gasteiger partial charge in [-0.3, -0.25) is 0 Å². The molecule has 0 saturated heterocycles. The number of aromatic nitrogens is 5. The third-order valence-corrected chi connectivity index (χ3v) is 8.52. The molecule has 0 spiro atoms. The van der Waals surface area contributed by atoms with Crippen molar-refractivity contribution in [2.75, 3.05) is 19.3 Å². The zero-order chi connectivity index (χ0) is 28.8.